The van der Waals surface area contributed by atoms with Crippen LogP contribution in [0.15, 0.2) is 35.7 Å². The molecule has 204 valence electrons. The SMILES string of the molecule is CN1C(=O)c2cc(NC(=O)c3cccs3)ccc2OC[C@H]2O[C@H](CC(=O)NCCN3CCCCC3)CC[C@@H]21. The number of ether oxygens (including phenoxy) is 2. The highest BCUT2D eigenvalue weighted by Crippen LogP contribution is 2.32. The Morgan fingerprint density at radius 2 is 1.97 bits per heavy atom. The molecule has 10 heteroatoms. The zero-order chi connectivity index (χ0) is 26.5. The summed E-state index contributed by atoms with van der Waals surface area (Å²) in [5, 5.41) is 7.75. The first-order valence-corrected chi connectivity index (χ1v) is 14.4. The fraction of sp³-hybridized carbons (Fsp3) is 0.536. The fourth-order valence-electron chi connectivity index (χ4n) is 5.52. The molecule has 0 saturated carbocycles. The van der Waals surface area contributed by atoms with Gasteiger partial charge < -0.3 is 29.9 Å². The number of anilines is 1. The van der Waals surface area contributed by atoms with Crippen molar-refractivity contribution in [2.75, 3.05) is 45.2 Å². The van der Waals surface area contributed by atoms with Crippen molar-refractivity contribution in [1.29, 1.82) is 0 Å². The van der Waals surface area contributed by atoms with Crippen molar-refractivity contribution in [1.82, 2.24) is 15.1 Å². The Morgan fingerprint density at radius 3 is 2.76 bits per heavy atom. The number of amides is 3. The number of likely N-dealkylation sites (N-methyl/N-ethyl adjacent to an activating group) is 1. The molecule has 3 aliphatic rings. The molecule has 1 aromatic heterocycles. The van der Waals surface area contributed by atoms with Crippen molar-refractivity contribution in [2.45, 2.75) is 56.8 Å². The molecule has 2 N–H and O–H groups in total. The molecule has 2 saturated heterocycles. The van der Waals surface area contributed by atoms with Gasteiger partial charge in [-0.15, -0.1) is 11.3 Å². The molecular formula is C28H36N4O5S. The Kier molecular flexibility index (Phi) is 8.61. The molecule has 3 amide bonds. The van der Waals surface area contributed by atoms with Crippen LogP contribution < -0.4 is 15.4 Å². The van der Waals surface area contributed by atoms with E-state index in [0.29, 0.717) is 41.3 Å². The van der Waals surface area contributed by atoms with Crippen LogP contribution in [0.4, 0.5) is 5.69 Å². The number of piperidine rings is 1. The Labute approximate surface area is 227 Å². The third-order valence-electron chi connectivity index (χ3n) is 7.63. The van der Waals surface area contributed by atoms with Crippen LogP contribution in [-0.2, 0) is 9.53 Å². The van der Waals surface area contributed by atoms with Gasteiger partial charge in [-0.25, -0.2) is 0 Å². The maximum Gasteiger partial charge on any atom is 0.265 e. The van der Waals surface area contributed by atoms with Crippen molar-refractivity contribution in [3.63, 3.8) is 0 Å². The van der Waals surface area contributed by atoms with Crippen molar-refractivity contribution < 1.29 is 23.9 Å². The smallest absolute Gasteiger partial charge is 0.265 e. The number of carbonyl (C=O) groups is 3. The Balaban J connectivity index is 1.17. The standard InChI is InChI=1S/C28H36N4O5S/c1-31-22-9-8-20(17-26(33)29-11-14-32-12-3-2-4-13-32)37-24(22)18-36-23-10-7-19(16-21(23)28(31)35)30-27(34)25-6-5-15-38-25/h5-7,10,15-16,20,22,24H,2-4,8-9,11-14,17-18H2,1H3,(H,29,33)(H,30,34)/t20-,22-,24+/m0/s1. The van der Waals surface area contributed by atoms with E-state index in [1.54, 1.807) is 36.2 Å². The lowest BCUT2D eigenvalue weighted by atomic mass is 9.94. The van der Waals surface area contributed by atoms with E-state index >= 15 is 0 Å². The number of carbonyl (C=O) groups excluding carboxylic acids is 3. The molecule has 0 aliphatic carbocycles. The van der Waals surface area contributed by atoms with E-state index in [1.165, 1.54) is 30.6 Å². The summed E-state index contributed by atoms with van der Waals surface area (Å²) in [4.78, 5) is 43.2. The van der Waals surface area contributed by atoms with Gasteiger partial charge in [-0.2, -0.15) is 0 Å². The summed E-state index contributed by atoms with van der Waals surface area (Å²) < 4.78 is 12.3. The highest BCUT2D eigenvalue weighted by molar-refractivity contribution is 7.12. The van der Waals surface area contributed by atoms with Crippen LogP contribution in [0.3, 0.4) is 0 Å². The van der Waals surface area contributed by atoms with E-state index in [-0.39, 0.29) is 42.6 Å². The molecule has 0 radical (unpaired) electrons. The second-order valence-corrected chi connectivity index (χ2v) is 11.2. The normalized spacial score (nSPS) is 23.9. The highest BCUT2D eigenvalue weighted by Gasteiger charge is 2.39. The summed E-state index contributed by atoms with van der Waals surface area (Å²) in [7, 11) is 1.78. The van der Waals surface area contributed by atoms with Gasteiger partial charge in [-0.3, -0.25) is 14.4 Å². The van der Waals surface area contributed by atoms with Crippen molar-refractivity contribution >= 4 is 34.7 Å². The van der Waals surface area contributed by atoms with Crippen LogP contribution in [0.5, 0.6) is 5.75 Å². The van der Waals surface area contributed by atoms with Crippen LogP contribution in [0.2, 0.25) is 0 Å². The largest absolute Gasteiger partial charge is 0.490 e. The molecule has 1 aromatic carbocycles. The van der Waals surface area contributed by atoms with Gasteiger partial charge >= 0.3 is 0 Å². The molecule has 38 heavy (non-hydrogen) atoms. The molecule has 0 bridgehead atoms. The lowest BCUT2D eigenvalue weighted by Gasteiger charge is -2.42. The second kappa shape index (κ2) is 12.3. The van der Waals surface area contributed by atoms with Crippen molar-refractivity contribution in [3.8, 4) is 5.75 Å². The van der Waals surface area contributed by atoms with E-state index in [2.05, 4.69) is 15.5 Å². The molecule has 2 fully saturated rings. The van der Waals surface area contributed by atoms with Crippen LogP contribution in [0, 0.1) is 0 Å². The molecule has 3 aliphatic heterocycles. The Morgan fingerprint density at radius 1 is 1.13 bits per heavy atom. The van der Waals surface area contributed by atoms with Gasteiger partial charge in [-0.1, -0.05) is 12.5 Å². The summed E-state index contributed by atoms with van der Waals surface area (Å²) in [6.45, 7) is 4.06. The number of benzene rings is 1. The van der Waals surface area contributed by atoms with E-state index in [4.69, 9.17) is 9.47 Å². The van der Waals surface area contributed by atoms with E-state index in [1.807, 2.05) is 11.4 Å². The monoisotopic (exact) mass is 540 g/mol. The van der Waals surface area contributed by atoms with Gasteiger partial charge in [0.2, 0.25) is 5.91 Å². The molecule has 4 heterocycles. The average molecular weight is 541 g/mol. The summed E-state index contributed by atoms with van der Waals surface area (Å²) >= 11 is 1.36. The van der Waals surface area contributed by atoms with Crippen molar-refractivity contribution in [3.05, 3.63) is 46.2 Å². The molecule has 2 aromatic rings. The van der Waals surface area contributed by atoms with Gasteiger partial charge in [0.15, 0.2) is 0 Å². The molecule has 9 nitrogen and oxygen atoms in total. The predicted molar refractivity (Wildman–Crippen MR) is 146 cm³/mol. The number of hydrogen-bond acceptors (Lipinski definition) is 7. The van der Waals surface area contributed by atoms with Gasteiger partial charge in [0.1, 0.15) is 18.5 Å². The number of likely N-dealkylation sites (tertiary alicyclic amines) is 1. The average Bonchev–Trinajstić information content (AvgIpc) is 3.47. The van der Waals surface area contributed by atoms with Gasteiger partial charge in [0.25, 0.3) is 11.8 Å². The van der Waals surface area contributed by atoms with E-state index in [9.17, 15) is 14.4 Å². The molecule has 0 unspecified atom stereocenters. The first kappa shape index (κ1) is 26.6. The quantitative estimate of drug-likeness (QED) is 0.559. The maximum absolute atomic E-state index is 13.4. The number of rotatable bonds is 7. The molecule has 3 atom stereocenters. The first-order chi connectivity index (χ1) is 18.5. The minimum absolute atomic E-state index is 0.00382. The lowest BCUT2D eigenvalue weighted by molar-refractivity contribution is -0.134. The van der Waals surface area contributed by atoms with Gasteiger partial charge in [-0.05, 0) is 68.4 Å². The third kappa shape index (κ3) is 6.36. The number of nitrogens with one attached hydrogen (secondary N) is 2. The van der Waals surface area contributed by atoms with Crippen LogP contribution in [-0.4, -0.2) is 85.6 Å². The summed E-state index contributed by atoms with van der Waals surface area (Å²) in [6, 6.07) is 8.53. The Hall–Kier alpha value is -2.95. The number of fused-ring (bicyclic) bond motifs is 2. The summed E-state index contributed by atoms with van der Waals surface area (Å²) in [6.07, 6.45) is 4.99. The fourth-order valence-corrected chi connectivity index (χ4v) is 6.14. The molecule has 5 rings (SSSR count). The maximum atomic E-state index is 13.4. The van der Waals surface area contributed by atoms with Crippen molar-refractivity contribution in [2.24, 2.45) is 0 Å². The van der Waals surface area contributed by atoms with Gasteiger partial charge in [0, 0.05) is 25.8 Å². The second-order valence-electron chi connectivity index (χ2n) is 10.3. The third-order valence-corrected chi connectivity index (χ3v) is 8.50. The van der Waals surface area contributed by atoms with Crippen LogP contribution in [0.25, 0.3) is 0 Å². The number of thiophene rings is 1. The van der Waals surface area contributed by atoms with Crippen LogP contribution >= 0.6 is 11.3 Å². The minimum atomic E-state index is -0.324. The molecule has 0 spiro atoms. The lowest BCUT2D eigenvalue weighted by Crippen LogP contribution is -2.54. The Bertz CT molecular complexity index is 1130. The number of nitrogens with zero attached hydrogens (tertiary/aromatic N) is 2. The van der Waals surface area contributed by atoms with E-state index in [0.717, 1.165) is 26.1 Å². The van der Waals surface area contributed by atoms with Gasteiger partial charge in [0.05, 0.1) is 29.0 Å². The first-order valence-electron chi connectivity index (χ1n) is 13.5. The van der Waals surface area contributed by atoms with Crippen LogP contribution in [0.1, 0.15) is 58.6 Å². The number of hydrogen-bond donors (Lipinski definition) is 2. The summed E-state index contributed by atoms with van der Waals surface area (Å²) in [5.74, 6) is 0.0639. The molecular weight excluding hydrogens is 504 g/mol. The minimum Gasteiger partial charge on any atom is -0.490 e. The zero-order valence-electron chi connectivity index (χ0n) is 21.8. The zero-order valence-corrected chi connectivity index (χ0v) is 22.6. The predicted octanol–water partition coefficient (Wildman–Crippen LogP) is 3.37. The van der Waals surface area contributed by atoms with E-state index < -0.39 is 0 Å². The highest BCUT2D eigenvalue weighted by atomic mass is 32.1. The summed E-state index contributed by atoms with van der Waals surface area (Å²) in [5.41, 5.74) is 0.945. The topological polar surface area (TPSA) is 100 Å².